The van der Waals surface area contributed by atoms with Crippen LogP contribution < -0.4 is 0 Å². The van der Waals surface area contributed by atoms with Crippen LogP contribution in [-0.4, -0.2) is 49.4 Å². The Morgan fingerprint density at radius 3 is 2.68 bits per heavy atom. The first-order valence-electron chi connectivity index (χ1n) is 6.37. The molecule has 0 bridgehead atoms. The van der Waals surface area contributed by atoms with Crippen LogP contribution in [-0.2, 0) is 20.8 Å². The maximum absolute atomic E-state index is 11.6. The molecule has 0 aromatic carbocycles. The second kappa shape index (κ2) is 7.91. The van der Waals surface area contributed by atoms with Gasteiger partial charge in [0.15, 0.2) is 0 Å². The van der Waals surface area contributed by atoms with E-state index < -0.39 is 0 Å². The Bertz CT molecular complexity index is 384. The number of carbonyl (C=O) groups is 1. The average Bonchev–Trinajstić information content (AvgIpc) is 2.68. The average molecular weight is 270 g/mol. The van der Waals surface area contributed by atoms with E-state index in [1.807, 2.05) is 18.7 Å². The zero-order valence-corrected chi connectivity index (χ0v) is 12.1. The second-order valence-corrected chi connectivity index (χ2v) is 4.31. The van der Waals surface area contributed by atoms with E-state index in [4.69, 9.17) is 14.0 Å². The van der Waals surface area contributed by atoms with Crippen LogP contribution in [0.1, 0.15) is 23.9 Å². The number of aryl methyl sites for hydroxylation is 2. The predicted octanol–water partition coefficient (Wildman–Crippen LogP) is 1.30. The van der Waals surface area contributed by atoms with Gasteiger partial charge in [0, 0.05) is 25.8 Å². The fraction of sp³-hybridized carbons (Fsp3) is 0.692. The fourth-order valence-corrected chi connectivity index (χ4v) is 1.77. The molecule has 0 radical (unpaired) electrons. The first kappa shape index (κ1) is 15.7. The van der Waals surface area contributed by atoms with Crippen LogP contribution in [0.25, 0.3) is 0 Å². The quantitative estimate of drug-likeness (QED) is 0.663. The minimum atomic E-state index is -0.231. The molecule has 0 aliphatic carbocycles. The van der Waals surface area contributed by atoms with Crippen molar-refractivity contribution in [1.82, 2.24) is 10.1 Å². The van der Waals surface area contributed by atoms with Crippen LogP contribution >= 0.6 is 0 Å². The molecule has 6 heteroatoms. The van der Waals surface area contributed by atoms with Gasteiger partial charge in [0.2, 0.25) is 0 Å². The number of aromatic nitrogens is 1. The number of esters is 1. The van der Waals surface area contributed by atoms with Gasteiger partial charge in [-0.05, 0) is 20.8 Å². The molecular formula is C13H22N2O4. The van der Waals surface area contributed by atoms with Gasteiger partial charge in [-0.25, -0.2) is 0 Å². The van der Waals surface area contributed by atoms with Gasteiger partial charge in [0.05, 0.1) is 25.5 Å². The highest BCUT2D eigenvalue weighted by molar-refractivity contribution is 5.71. The Kier molecular flexibility index (Phi) is 6.52. The molecule has 1 aromatic rings. The topological polar surface area (TPSA) is 64.8 Å². The van der Waals surface area contributed by atoms with Crippen LogP contribution in [0.5, 0.6) is 0 Å². The van der Waals surface area contributed by atoms with E-state index >= 15 is 0 Å². The SMILES string of the molecule is CCOC(=O)CN(CCOC)Cc1c(C)noc1C. The molecular weight excluding hydrogens is 248 g/mol. The van der Waals surface area contributed by atoms with E-state index in [9.17, 15) is 4.79 Å². The standard InChI is InChI=1S/C13H22N2O4/c1-5-18-13(16)9-15(6-7-17-4)8-12-10(2)14-19-11(12)3/h5-9H2,1-4H3. The van der Waals surface area contributed by atoms with Crippen molar-refractivity contribution in [3.05, 3.63) is 17.0 Å². The summed E-state index contributed by atoms with van der Waals surface area (Å²) in [4.78, 5) is 13.5. The molecule has 0 aliphatic heterocycles. The smallest absolute Gasteiger partial charge is 0.320 e. The Balaban J connectivity index is 2.66. The largest absolute Gasteiger partial charge is 0.465 e. The van der Waals surface area contributed by atoms with Gasteiger partial charge < -0.3 is 14.0 Å². The molecule has 0 atom stereocenters. The number of hydrogen-bond acceptors (Lipinski definition) is 6. The molecule has 0 aliphatic rings. The summed E-state index contributed by atoms with van der Waals surface area (Å²) < 4.78 is 15.2. The lowest BCUT2D eigenvalue weighted by Gasteiger charge is -2.20. The number of ether oxygens (including phenoxy) is 2. The number of rotatable bonds is 8. The Labute approximate surface area is 113 Å². The molecule has 108 valence electrons. The third-order valence-corrected chi connectivity index (χ3v) is 2.83. The number of hydrogen-bond donors (Lipinski definition) is 0. The van der Waals surface area contributed by atoms with Gasteiger partial charge in [-0.2, -0.15) is 0 Å². The van der Waals surface area contributed by atoms with Crippen molar-refractivity contribution < 1.29 is 18.8 Å². The van der Waals surface area contributed by atoms with Gasteiger partial charge in [-0.15, -0.1) is 0 Å². The molecule has 1 heterocycles. The van der Waals surface area contributed by atoms with Crippen molar-refractivity contribution in [2.75, 3.05) is 33.4 Å². The highest BCUT2D eigenvalue weighted by Gasteiger charge is 2.16. The first-order chi connectivity index (χ1) is 9.08. The van der Waals surface area contributed by atoms with Gasteiger partial charge >= 0.3 is 5.97 Å². The molecule has 0 unspecified atom stereocenters. The third-order valence-electron chi connectivity index (χ3n) is 2.83. The zero-order chi connectivity index (χ0) is 14.3. The molecule has 0 N–H and O–H groups in total. The monoisotopic (exact) mass is 270 g/mol. The zero-order valence-electron chi connectivity index (χ0n) is 12.1. The highest BCUT2D eigenvalue weighted by atomic mass is 16.5. The molecule has 0 fully saturated rings. The van der Waals surface area contributed by atoms with Gasteiger partial charge in [0.1, 0.15) is 5.76 Å². The summed E-state index contributed by atoms with van der Waals surface area (Å²) in [5.74, 6) is 0.550. The summed E-state index contributed by atoms with van der Waals surface area (Å²) >= 11 is 0. The van der Waals surface area contributed by atoms with E-state index in [1.54, 1.807) is 14.0 Å². The minimum absolute atomic E-state index is 0.231. The van der Waals surface area contributed by atoms with Crippen molar-refractivity contribution in [3.63, 3.8) is 0 Å². The lowest BCUT2D eigenvalue weighted by Crippen LogP contribution is -2.33. The summed E-state index contributed by atoms with van der Waals surface area (Å²) in [5, 5.41) is 3.92. The Hall–Kier alpha value is -1.40. The van der Waals surface area contributed by atoms with Gasteiger partial charge in [0.25, 0.3) is 0 Å². The van der Waals surface area contributed by atoms with Crippen LogP contribution in [0, 0.1) is 13.8 Å². The van der Waals surface area contributed by atoms with Crippen LogP contribution in [0.2, 0.25) is 0 Å². The molecule has 1 rings (SSSR count). The van der Waals surface area contributed by atoms with Crippen molar-refractivity contribution in [1.29, 1.82) is 0 Å². The molecule has 6 nitrogen and oxygen atoms in total. The summed E-state index contributed by atoms with van der Waals surface area (Å²) in [6, 6.07) is 0. The lowest BCUT2D eigenvalue weighted by molar-refractivity contribution is -0.144. The number of nitrogens with zero attached hydrogens (tertiary/aromatic N) is 2. The number of methoxy groups -OCH3 is 1. The Morgan fingerprint density at radius 2 is 2.16 bits per heavy atom. The fourth-order valence-electron chi connectivity index (χ4n) is 1.77. The normalized spacial score (nSPS) is 11.0. The van der Waals surface area contributed by atoms with Crippen molar-refractivity contribution in [2.45, 2.75) is 27.3 Å². The second-order valence-electron chi connectivity index (χ2n) is 4.31. The van der Waals surface area contributed by atoms with E-state index in [0.717, 1.165) is 17.0 Å². The van der Waals surface area contributed by atoms with E-state index in [1.165, 1.54) is 0 Å². The molecule has 0 amide bonds. The maximum atomic E-state index is 11.6. The molecule has 19 heavy (non-hydrogen) atoms. The van der Waals surface area contributed by atoms with E-state index in [2.05, 4.69) is 5.16 Å². The summed E-state index contributed by atoms with van der Waals surface area (Å²) in [7, 11) is 1.64. The minimum Gasteiger partial charge on any atom is -0.465 e. The van der Waals surface area contributed by atoms with Crippen molar-refractivity contribution in [3.8, 4) is 0 Å². The molecule has 0 saturated heterocycles. The van der Waals surface area contributed by atoms with Crippen LogP contribution in [0.4, 0.5) is 0 Å². The van der Waals surface area contributed by atoms with E-state index in [-0.39, 0.29) is 12.5 Å². The summed E-state index contributed by atoms with van der Waals surface area (Å²) in [6.45, 7) is 8.00. The summed E-state index contributed by atoms with van der Waals surface area (Å²) in [5.41, 5.74) is 1.86. The maximum Gasteiger partial charge on any atom is 0.320 e. The van der Waals surface area contributed by atoms with Gasteiger partial charge in [-0.1, -0.05) is 5.16 Å². The molecule has 0 spiro atoms. The van der Waals surface area contributed by atoms with Crippen LogP contribution in [0.15, 0.2) is 4.52 Å². The van der Waals surface area contributed by atoms with E-state index in [0.29, 0.717) is 26.3 Å². The van der Waals surface area contributed by atoms with Gasteiger partial charge in [-0.3, -0.25) is 9.69 Å². The predicted molar refractivity (Wildman–Crippen MR) is 69.8 cm³/mol. The third kappa shape index (κ3) is 5.00. The Morgan fingerprint density at radius 1 is 1.42 bits per heavy atom. The number of carbonyl (C=O) groups excluding carboxylic acids is 1. The van der Waals surface area contributed by atoms with Crippen molar-refractivity contribution >= 4 is 5.97 Å². The molecule has 0 saturated carbocycles. The first-order valence-corrected chi connectivity index (χ1v) is 6.37. The lowest BCUT2D eigenvalue weighted by atomic mass is 10.2. The summed E-state index contributed by atoms with van der Waals surface area (Å²) in [6.07, 6.45) is 0. The highest BCUT2D eigenvalue weighted by Crippen LogP contribution is 2.14. The van der Waals surface area contributed by atoms with Crippen LogP contribution in [0.3, 0.4) is 0 Å². The van der Waals surface area contributed by atoms with Crippen molar-refractivity contribution in [2.24, 2.45) is 0 Å². The molecule has 1 aromatic heterocycles.